The molecule has 3 aromatic carbocycles. The van der Waals surface area contributed by atoms with Crippen LogP contribution in [-0.4, -0.2) is 28.6 Å². The molecule has 0 saturated carbocycles. The fourth-order valence-corrected chi connectivity index (χ4v) is 4.02. The highest BCUT2D eigenvalue weighted by Crippen LogP contribution is 2.20. The van der Waals surface area contributed by atoms with Crippen LogP contribution in [0.2, 0.25) is 5.02 Å². The van der Waals surface area contributed by atoms with Crippen molar-refractivity contribution in [2.45, 2.75) is 32.7 Å². The Kier molecular flexibility index (Phi) is 7.30. The average Bonchev–Trinajstić information content (AvgIpc) is 3.17. The number of amides is 1. The summed E-state index contributed by atoms with van der Waals surface area (Å²) in [5.74, 6) is 2.08. The first-order valence-corrected chi connectivity index (χ1v) is 11.6. The van der Waals surface area contributed by atoms with Gasteiger partial charge in [-0.05, 0) is 47.9 Å². The summed E-state index contributed by atoms with van der Waals surface area (Å²) in [5.41, 5.74) is 3.77. The number of hydrogen-bond donors (Lipinski definition) is 1. The first kappa shape index (κ1) is 22.9. The molecule has 1 amide bonds. The van der Waals surface area contributed by atoms with Gasteiger partial charge in [-0.15, -0.1) is 0 Å². The molecule has 170 valence electrons. The lowest BCUT2D eigenvalue weighted by Gasteiger charge is -2.12. The van der Waals surface area contributed by atoms with Crippen LogP contribution in [0.25, 0.3) is 11.0 Å². The molecule has 0 aliphatic heterocycles. The third kappa shape index (κ3) is 5.55. The SMILES string of the molecule is CC(C)c1ccc(OCCn2c(CCNC(=O)c3ccccc3Cl)nc3ccccc32)cc1. The lowest BCUT2D eigenvalue weighted by molar-refractivity contribution is 0.0954. The maximum absolute atomic E-state index is 12.5. The number of carbonyl (C=O) groups is 1. The molecule has 5 nitrogen and oxygen atoms in total. The maximum Gasteiger partial charge on any atom is 0.252 e. The highest BCUT2D eigenvalue weighted by Gasteiger charge is 2.13. The molecule has 0 bridgehead atoms. The standard InChI is InChI=1S/C27H28ClN3O2/c1-19(2)20-11-13-21(14-12-20)33-18-17-31-25-10-6-5-9-24(25)30-26(31)15-16-29-27(32)22-7-3-4-8-23(22)28/h3-14,19H,15-18H2,1-2H3,(H,29,32). The van der Waals surface area contributed by atoms with Gasteiger partial charge in [0.25, 0.3) is 5.91 Å². The number of ether oxygens (including phenoxy) is 1. The molecule has 0 unspecified atom stereocenters. The van der Waals surface area contributed by atoms with Gasteiger partial charge in [-0.3, -0.25) is 4.79 Å². The van der Waals surface area contributed by atoms with Crippen molar-refractivity contribution in [3.63, 3.8) is 0 Å². The number of halogens is 1. The number of benzene rings is 3. The number of carbonyl (C=O) groups excluding carboxylic acids is 1. The van der Waals surface area contributed by atoms with E-state index in [4.69, 9.17) is 21.3 Å². The Morgan fingerprint density at radius 2 is 1.76 bits per heavy atom. The highest BCUT2D eigenvalue weighted by molar-refractivity contribution is 6.33. The van der Waals surface area contributed by atoms with Crippen molar-refractivity contribution >= 4 is 28.5 Å². The topological polar surface area (TPSA) is 56.1 Å². The fraction of sp³-hybridized carbons (Fsp3) is 0.259. The quantitative estimate of drug-likeness (QED) is 0.339. The molecule has 6 heteroatoms. The lowest BCUT2D eigenvalue weighted by Crippen LogP contribution is -2.27. The largest absolute Gasteiger partial charge is 0.492 e. The van der Waals surface area contributed by atoms with Gasteiger partial charge < -0.3 is 14.6 Å². The van der Waals surface area contributed by atoms with E-state index in [0.29, 0.717) is 42.6 Å². The third-order valence-electron chi connectivity index (χ3n) is 5.62. The van der Waals surface area contributed by atoms with E-state index >= 15 is 0 Å². The fourth-order valence-electron chi connectivity index (χ4n) is 3.80. The number of nitrogens with zero attached hydrogens (tertiary/aromatic N) is 2. The maximum atomic E-state index is 12.5. The molecule has 0 aliphatic rings. The molecule has 0 spiro atoms. The number of para-hydroxylation sites is 2. The van der Waals surface area contributed by atoms with E-state index in [1.165, 1.54) is 5.56 Å². The van der Waals surface area contributed by atoms with Crippen molar-refractivity contribution < 1.29 is 9.53 Å². The van der Waals surface area contributed by atoms with Gasteiger partial charge in [0.05, 0.1) is 28.2 Å². The molecule has 4 aromatic rings. The normalized spacial score (nSPS) is 11.2. The number of aromatic nitrogens is 2. The summed E-state index contributed by atoms with van der Waals surface area (Å²) in [5, 5.41) is 3.39. The van der Waals surface area contributed by atoms with Crippen molar-refractivity contribution in [1.82, 2.24) is 14.9 Å². The predicted molar refractivity (Wildman–Crippen MR) is 133 cm³/mol. The molecule has 4 rings (SSSR count). The van der Waals surface area contributed by atoms with Gasteiger partial charge >= 0.3 is 0 Å². The van der Waals surface area contributed by atoms with E-state index in [-0.39, 0.29) is 5.91 Å². The minimum absolute atomic E-state index is 0.184. The summed E-state index contributed by atoms with van der Waals surface area (Å²) in [6.07, 6.45) is 0.605. The number of nitrogens with one attached hydrogen (secondary N) is 1. The molecule has 0 saturated heterocycles. The molecule has 1 heterocycles. The highest BCUT2D eigenvalue weighted by atomic mass is 35.5. The van der Waals surface area contributed by atoms with Crippen LogP contribution in [0.3, 0.4) is 0 Å². The molecular formula is C27H28ClN3O2. The van der Waals surface area contributed by atoms with Gasteiger partial charge in [0.15, 0.2) is 0 Å². The Labute approximate surface area is 199 Å². The van der Waals surface area contributed by atoms with Crippen LogP contribution in [0.5, 0.6) is 5.75 Å². The van der Waals surface area contributed by atoms with Gasteiger partial charge in [0, 0.05) is 13.0 Å². The van der Waals surface area contributed by atoms with Gasteiger partial charge in [-0.2, -0.15) is 0 Å². The van der Waals surface area contributed by atoms with E-state index in [9.17, 15) is 4.79 Å². The minimum Gasteiger partial charge on any atom is -0.492 e. The van der Waals surface area contributed by atoms with E-state index in [2.05, 4.69) is 41.9 Å². The van der Waals surface area contributed by atoms with Crippen LogP contribution in [0.1, 0.15) is 41.5 Å². The van der Waals surface area contributed by atoms with Crippen LogP contribution in [0, 0.1) is 0 Å². The molecule has 1 N–H and O–H groups in total. The summed E-state index contributed by atoms with van der Waals surface area (Å²) in [4.78, 5) is 17.3. The number of fused-ring (bicyclic) bond motifs is 1. The summed E-state index contributed by atoms with van der Waals surface area (Å²) in [6, 6.07) is 23.4. The predicted octanol–water partition coefficient (Wildman–Crippen LogP) is 5.86. The Hall–Kier alpha value is -3.31. The smallest absolute Gasteiger partial charge is 0.252 e. The Morgan fingerprint density at radius 3 is 2.52 bits per heavy atom. The number of hydrogen-bond acceptors (Lipinski definition) is 3. The van der Waals surface area contributed by atoms with Crippen molar-refractivity contribution in [3.05, 3.63) is 94.8 Å². The second kappa shape index (κ2) is 10.5. The second-order valence-corrected chi connectivity index (χ2v) is 8.63. The summed E-state index contributed by atoms with van der Waals surface area (Å²) in [7, 11) is 0. The molecule has 1 aromatic heterocycles. The van der Waals surface area contributed by atoms with Crippen molar-refractivity contribution in [2.24, 2.45) is 0 Å². The molecule has 0 aliphatic carbocycles. The van der Waals surface area contributed by atoms with E-state index < -0.39 is 0 Å². The molecular weight excluding hydrogens is 434 g/mol. The number of imidazole rings is 1. The first-order valence-electron chi connectivity index (χ1n) is 11.2. The van der Waals surface area contributed by atoms with E-state index in [0.717, 1.165) is 22.6 Å². The molecule has 0 atom stereocenters. The van der Waals surface area contributed by atoms with Gasteiger partial charge in [-0.1, -0.05) is 61.8 Å². The van der Waals surface area contributed by atoms with Crippen LogP contribution in [0.15, 0.2) is 72.8 Å². The van der Waals surface area contributed by atoms with Crippen molar-refractivity contribution in [2.75, 3.05) is 13.2 Å². The number of rotatable bonds is 9. The lowest BCUT2D eigenvalue weighted by atomic mass is 10.0. The molecule has 33 heavy (non-hydrogen) atoms. The zero-order valence-corrected chi connectivity index (χ0v) is 19.7. The Balaban J connectivity index is 1.41. The monoisotopic (exact) mass is 461 g/mol. The van der Waals surface area contributed by atoms with Gasteiger partial charge in [0.2, 0.25) is 0 Å². The molecule has 0 fully saturated rings. The van der Waals surface area contributed by atoms with Crippen molar-refractivity contribution in [1.29, 1.82) is 0 Å². The second-order valence-electron chi connectivity index (χ2n) is 8.23. The van der Waals surface area contributed by atoms with Crippen LogP contribution >= 0.6 is 11.6 Å². The first-order chi connectivity index (χ1) is 16.0. The summed E-state index contributed by atoms with van der Waals surface area (Å²) in [6.45, 7) is 6.02. The van der Waals surface area contributed by atoms with Gasteiger partial charge in [-0.25, -0.2) is 4.98 Å². The van der Waals surface area contributed by atoms with Gasteiger partial charge in [0.1, 0.15) is 18.2 Å². The van der Waals surface area contributed by atoms with E-state index in [1.54, 1.807) is 18.2 Å². The zero-order chi connectivity index (χ0) is 23.2. The summed E-state index contributed by atoms with van der Waals surface area (Å²) >= 11 is 6.13. The Morgan fingerprint density at radius 1 is 1.03 bits per heavy atom. The van der Waals surface area contributed by atoms with Crippen LogP contribution < -0.4 is 10.1 Å². The Bertz CT molecular complexity index is 1230. The van der Waals surface area contributed by atoms with Crippen LogP contribution in [0.4, 0.5) is 0 Å². The summed E-state index contributed by atoms with van der Waals surface area (Å²) < 4.78 is 8.16. The minimum atomic E-state index is -0.184. The zero-order valence-electron chi connectivity index (χ0n) is 18.9. The van der Waals surface area contributed by atoms with Crippen LogP contribution in [-0.2, 0) is 13.0 Å². The molecule has 0 radical (unpaired) electrons. The average molecular weight is 462 g/mol. The van der Waals surface area contributed by atoms with Crippen molar-refractivity contribution in [3.8, 4) is 5.75 Å². The third-order valence-corrected chi connectivity index (χ3v) is 5.95. The van der Waals surface area contributed by atoms with E-state index in [1.807, 2.05) is 36.4 Å².